The van der Waals surface area contributed by atoms with Crippen LogP contribution >= 0.6 is 12.4 Å². The second-order valence-corrected chi connectivity index (χ2v) is 4.30. The minimum Gasteiger partial charge on any atom is -0.406 e. The maximum Gasteiger partial charge on any atom is 0.573 e. The number of alkyl halides is 3. The molecule has 0 aliphatic heterocycles. The Morgan fingerprint density at radius 1 is 1.29 bits per heavy atom. The average molecular weight is 327 g/mol. The molecule has 4 nitrogen and oxygen atoms in total. The molecule has 0 atom stereocenters. The van der Waals surface area contributed by atoms with Gasteiger partial charge in [-0.05, 0) is 24.7 Å². The molecule has 1 aromatic rings. The van der Waals surface area contributed by atoms with Crippen LogP contribution < -0.4 is 10.1 Å². The lowest BCUT2D eigenvalue weighted by Gasteiger charge is -2.17. The number of hydrogen-bond acceptors (Lipinski definition) is 3. The summed E-state index contributed by atoms with van der Waals surface area (Å²) in [6.07, 6.45) is -4.32. The van der Waals surface area contributed by atoms with Crippen molar-refractivity contribution in [2.75, 3.05) is 20.6 Å². The molecule has 0 heterocycles. The highest BCUT2D eigenvalue weighted by Crippen LogP contribution is 2.22. The Morgan fingerprint density at radius 2 is 1.86 bits per heavy atom. The summed E-state index contributed by atoms with van der Waals surface area (Å²) in [7, 11) is 3.41. The van der Waals surface area contributed by atoms with Crippen LogP contribution in [0, 0.1) is 0 Å². The molecule has 0 spiro atoms. The summed E-state index contributed by atoms with van der Waals surface area (Å²) in [6, 6.07) is 5.47. The van der Waals surface area contributed by atoms with Crippen LogP contribution in [0.1, 0.15) is 12.0 Å². The first-order chi connectivity index (χ1) is 9.31. The van der Waals surface area contributed by atoms with Crippen molar-refractivity contribution >= 4 is 18.3 Å². The van der Waals surface area contributed by atoms with Crippen molar-refractivity contribution in [3.05, 3.63) is 29.8 Å². The number of nitrogens with one attached hydrogen (secondary N) is 1. The fourth-order valence-electron chi connectivity index (χ4n) is 1.58. The molecule has 0 saturated carbocycles. The largest absolute Gasteiger partial charge is 0.573 e. The Kier molecular flexibility index (Phi) is 8.12. The molecule has 0 fully saturated rings. The first-order valence-electron chi connectivity index (χ1n) is 6.05. The van der Waals surface area contributed by atoms with Gasteiger partial charge in [0.15, 0.2) is 0 Å². The van der Waals surface area contributed by atoms with Crippen molar-refractivity contribution in [1.82, 2.24) is 10.2 Å². The maximum atomic E-state index is 12.0. The fraction of sp³-hybridized carbons (Fsp3) is 0.462. The van der Waals surface area contributed by atoms with E-state index in [0.29, 0.717) is 19.5 Å². The van der Waals surface area contributed by atoms with Crippen LogP contribution in [0.2, 0.25) is 0 Å². The van der Waals surface area contributed by atoms with E-state index in [1.807, 2.05) is 0 Å². The first-order valence-corrected chi connectivity index (χ1v) is 6.05. The van der Waals surface area contributed by atoms with Gasteiger partial charge in [-0.3, -0.25) is 4.79 Å². The van der Waals surface area contributed by atoms with E-state index < -0.39 is 6.36 Å². The fourth-order valence-corrected chi connectivity index (χ4v) is 1.58. The summed E-state index contributed by atoms with van der Waals surface area (Å²) in [5, 5.41) is 2.88. The molecule has 0 saturated heterocycles. The van der Waals surface area contributed by atoms with Crippen LogP contribution in [-0.4, -0.2) is 37.8 Å². The minimum atomic E-state index is -4.69. The second-order valence-electron chi connectivity index (χ2n) is 4.30. The van der Waals surface area contributed by atoms with Crippen molar-refractivity contribution in [2.45, 2.75) is 19.3 Å². The molecule has 1 N–H and O–H groups in total. The molecule has 0 radical (unpaired) electrons. The molecule has 0 bridgehead atoms. The van der Waals surface area contributed by atoms with E-state index >= 15 is 0 Å². The Hall–Kier alpha value is -1.47. The summed E-state index contributed by atoms with van der Waals surface area (Å²) in [6.45, 7) is 0.927. The Bertz CT molecular complexity index is 438. The normalized spacial score (nSPS) is 10.7. The number of ether oxygens (including phenoxy) is 1. The molecule has 1 aromatic carbocycles. The Morgan fingerprint density at radius 3 is 2.33 bits per heavy atom. The average Bonchev–Trinajstić information content (AvgIpc) is 2.36. The number of amides is 1. The van der Waals surface area contributed by atoms with Gasteiger partial charge in [-0.15, -0.1) is 25.6 Å². The number of halogens is 4. The van der Waals surface area contributed by atoms with Crippen molar-refractivity contribution in [3.63, 3.8) is 0 Å². The van der Waals surface area contributed by atoms with Gasteiger partial charge >= 0.3 is 6.36 Å². The number of hydrogen-bond donors (Lipinski definition) is 1. The van der Waals surface area contributed by atoms with Gasteiger partial charge < -0.3 is 15.0 Å². The molecule has 21 heavy (non-hydrogen) atoms. The predicted octanol–water partition coefficient (Wildman–Crippen LogP) is 2.57. The predicted molar refractivity (Wildman–Crippen MR) is 75.4 cm³/mol. The number of nitrogens with zero attached hydrogens (tertiary/aromatic N) is 1. The van der Waals surface area contributed by atoms with Crippen LogP contribution in [0.4, 0.5) is 13.2 Å². The summed E-state index contributed by atoms with van der Waals surface area (Å²) >= 11 is 0. The molecule has 8 heteroatoms. The van der Waals surface area contributed by atoms with E-state index in [9.17, 15) is 18.0 Å². The summed E-state index contributed by atoms with van der Waals surface area (Å²) in [4.78, 5) is 13.2. The Balaban J connectivity index is 0.00000400. The van der Waals surface area contributed by atoms with Crippen molar-refractivity contribution in [3.8, 4) is 5.75 Å². The molecule has 0 aromatic heterocycles. The topological polar surface area (TPSA) is 41.6 Å². The molecule has 0 aliphatic rings. The molecule has 120 valence electrons. The molecule has 0 aliphatic carbocycles. The van der Waals surface area contributed by atoms with E-state index in [-0.39, 0.29) is 24.1 Å². The summed E-state index contributed by atoms with van der Waals surface area (Å²) in [5.41, 5.74) is 0.736. The highest BCUT2D eigenvalue weighted by Gasteiger charge is 2.30. The highest BCUT2D eigenvalue weighted by atomic mass is 35.5. The minimum absolute atomic E-state index is 0. The lowest BCUT2D eigenvalue weighted by molar-refractivity contribution is -0.274. The van der Waals surface area contributed by atoms with Crippen LogP contribution in [0.25, 0.3) is 0 Å². The van der Waals surface area contributed by atoms with E-state index in [4.69, 9.17) is 0 Å². The van der Waals surface area contributed by atoms with Gasteiger partial charge in [0.25, 0.3) is 0 Å². The van der Waals surface area contributed by atoms with Crippen molar-refractivity contribution in [1.29, 1.82) is 0 Å². The SMILES string of the molecule is CNCCC(=O)N(C)Cc1ccc(OC(F)(F)F)cc1.Cl. The van der Waals surface area contributed by atoms with E-state index in [1.54, 1.807) is 14.1 Å². The lowest BCUT2D eigenvalue weighted by atomic mass is 10.2. The van der Waals surface area contributed by atoms with Crippen LogP contribution in [0.3, 0.4) is 0 Å². The van der Waals surface area contributed by atoms with Gasteiger partial charge in [0, 0.05) is 26.6 Å². The van der Waals surface area contributed by atoms with E-state index in [1.165, 1.54) is 29.2 Å². The van der Waals surface area contributed by atoms with E-state index in [0.717, 1.165) is 5.56 Å². The van der Waals surface area contributed by atoms with Crippen LogP contribution in [0.15, 0.2) is 24.3 Å². The zero-order valence-corrected chi connectivity index (χ0v) is 12.6. The third-order valence-electron chi connectivity index (χ3n) is 2.59. The number of benzene rings is 1. The Labute approximate surface area is 127 Å². The molecule has 1 rings (SSSR count). The molecular weight excluding hydrogens is 309 g/mol. The quantitative estimate of drug-likeness (QED) is 0.873. The van der Waals surface area contributed by atoms with Gasteiger partial charge in [0.2, 0.25) is 5.91 Å². The van der Waals surface area contributed by atoms with Crippen LogP contribution in [0.5, 0.6) is 5.75 Å². The molecular formula is C13H18ClF3N2O2. The smallest absolute Gasteiger partial charge is 0.406 e. The third kappa shape index (κ3) is 7.77. The van der Waals surface area contributed by atoms with Crippen molar-refractivity contribution in [2.24, 2.45) is 0 Å². The van der Waals surface area contributed by atoms with Gasteiger partial charge in [0.05, 0.1) is 0 Å². The van der Waals surface area contributed by atoms with Crippen molar-refractivity contribution < 1.29 is 22.7 Å². The maximum absolute atomic E-state index is 12.0. The number of carbonyl (C=O) groups excluding carboxylic acids is 1. The monoisotopic (exact) mass is 326 g/mol. The van der Waals surface area contributed by atoms with Gasteiger partial charge in [-0.2, -0.15) is 0 Å². The summed E-state index contributed by atoms with van der Waals surface area (Å²) < 4.78 is 39.8. The van der Waals surface area contributed by atoms with Gasteiger partial charge in [-0.25, -0.2) is 0 Å². The number of rotatable bonds is 6. The van der Waals surface area contributed by atoms with Crippen LogP contribution in [-0.2, 0) is 11.3 Å². The third-order valence-corrected chi connectivity index (χ3v) is 2.59. The first kappa shape index (κ1) is 19.5. The van der Waals surface area contributed by atoms with Gasteiger partial charge in [0.1, 0.15) is 5.75 Å². The standard InChI is InChI=1S/C13H17F3N2O2.ClH/c1-17-8-7-12(19)18(2)9-10-3-5-11(6-4-10)20-13(14,15)16;/h3-6,17H,7-9H2,1-2H3;1H. The molecule has 1 amide bonds. The summed E-state index contributed by atoms with van der Waals surface area (Å²) in [5.74, 6) is -0.305. The second kappa shape index (κ2) is 8.74. The zero-order chi connectivity index (χ0) is 15.2. The highest BCUT2D eigenvalue weighted by molar-refractivity contribution is 5.85. The number of carbonyl (C=O) groups is 1. The molecule has 0 unspecified atom stereocenters. The van der Waals surface area contributed by atoms with E-state index in [2.05, 4.69) is 10.1 Å². The zero-order valence-electron chi connectivity index (χ0n) is 11.7. The lowest BCUT2D eigenvalue weighted by Crippen LogP contribution is -2.28. The van der Waals surface area contributed by atoms with Gasteiger partial charge in [-0.1, -0.05) is 12.1 Å².